The molecule has 2 amide bonds. The molecule has 1 N–H and O–H groups in total. The predicted octanol–water partition coefficient (Wildman–Crippen LogP) is 5.33. The molecule has 1 atom stereocenters. The molecule has 1 heterocycles. The van der Waals surface area contributed by atoms with Gasteiger partial charge in [0, 0.05) is 17.9 Å². The van der Waals surface area contributed by atoms with Gasteiger partial charge in [-0.2, -0.15) is 0 Å². The molecule has 0 bridgehead atoms. The summed E-state index contributed by atoms with van der Waals surface area (Å²) in [7, 11) is 1.58. The summed E-state index contributed by atoms with van der Waals surface area (Å²) in [6.45, 7) is 2.45. The lowest BCUT2D eigenvalue weighted by molar-refractivity contribution is -0.123. The van der Waals surface area contributed by atoms with E-state index in [1.165, 1.54) is 11.3 Å². The van der Waals surface area contributed by atoms with E-state index in [2.05, 4.69) is 10.3 Å². The van der Waals surface area contributed by atoms with Crippen LogP contribution in [-0.2, 0) is 4.79 Å². The molecule has 0 radical (unpaired) electrons. The molecule has 1 unspecified atom stereocenters. The molecule has 0 aliphatic heterocycles. The third-order valence-electron chi connectivity index (χ3n) is 6.40. The maximum Gasteiger partial charge on any atom is 0.277 e. The molecule has 188 valence electrons. The zero-order chi connectivity index (χ0) is 25.3. The summed E-state index contributed by atoms with van der Waals surface area (Å²) in [4.78, 5) is 33.7. The number of nitrogens with zero attached hydrogens (tertiary/aromatic N) is 2. The van der Waals surface area contributed by atoms with Gasteiger partial charge in [-0.1, -0.05) is 37.5 Å². The highest BCUT2D eigenvalue weighted by atomic mass is 16.5. The topological polar surface area (TPSA) is 80.8 Å². The zero-order valence-corrected chi connectivity index (χ0v) is 20.9. The van der Waals surface area contributed by atoms with Gasteiger partial charge in [-0.3, -0.25) is 19.5 Å². The van der Waals surface area contributed by atoms with Crippen molar-refractivity contribution >= 4 is 17.5 Å². The van der Waals surface area contributed by atoms with Gasteiger partial charge < -0.3 is 14.8 Å². The van der Waals surface area contributed by atoms with Gasteiger partial charge in [0.2, 0.25) is 5.91 Å². The largest absolute Gasteiger partial charge is 0.497 e. The number of pyridine rings is 1. The Hall–Kier alpha value is -3.87. The van der Waals surface area contributed by atoms with E-state index in [1.807, 2.05) is 25.1 Å². The molecule has 0 saturated heterocycles. The Bertz CT molecular complexity index is 1140. The van der Waals surface area contributed by atoms with Gasteiger partial charge in [-0.05, 0) is 73.9 Å². The molecule has 1 aliphatic rings. The van der Waals surface area contributed by atoms with Crippen molar-refractivity contribution < 1.29 is 19.1 Å². The minimum atomic E-state index is -0.922. The Morgan fingerprint density at radius 3 is 2.44 bits per heavy atom. The normalized spacial score (nSPS) is 14.5. The summed E-state index contributed by atoms with van der Waals surface area (Å²) < 4.78 is 11.0. The maximum atomic E-state index is 13.9. The van der Waals surface area contributed by atoms with Gasteiger partial charge in [-0.15, -0.1) is 0 Å². The van der Waals surface area contributed by atoms with E-state index in [-0.39, 0.29) is 23.6 Å². The third-order valence-corrected chi connectivity index (χ3v) is 6.40. The second-order valence-corrected chi connectivity index (χ2v) is 8.84. The van der Waals surface area contributed by atoms with Gasteiger partial charge in [-0.25, -0.2) is 0 Å². The number of nitrogens with one attached hydrogen (secondary N) is 1. The fourth-order valence-electron chi connectivity index (χ4n) is 4.62. The van der Waals surface area contributed by atoms with Crippen LogP contribution in [0.1, 0.15) is 61.1 Å². The molecule has 7 nitrogen and oxygen atoms in total. The molecule has 1 saturated carbocycles. The standard InChI is InChI=1S/C29H33N3O4/c1-3-36-24-17-15-23(16-18-24)32(29(34)26-14-7-8-19-30-26)27(21-10-9-13-25(20-21)35-2)28(33)31-22-11-5-4-6-12-22/h7-10,13-20,22,27H,3-6,11-12H2,1-2H3,(H,31,33). The van der Waals surface area contributed by atoms with Crippen LogP contribution in [-0.4, -0.2) is 36.6 Å². The lowest BCUT2D eigenvalue weighted by Gasteiger charge is -2.33. The van der Waals surface area contributed by atoms with Crippen molar-refractivity contribution in [3.8, 4) is 11.5 Å². The number of carbonyl (C=O) groups is 2. The Morgan fingerprint density at radius 1 is 1.00 bits per heavy atom. The first-order chi connectivity index (χ1) is 17.6. The van der Waals surface area contributed by atoms with E-state index in [0.717, 1.165) is 25.7 Å². The van der Waals surface area contributed by atoms with E-state index >= 15 is 0 Å². The lowest BCUT2D eigenvalue weighted by atomic mass is 9.94. The molecule has 0 spiro atoms. The highest BCUT2D eigenvalue weighted by Gasteiger charge is 2.35. The number of hydrogen-bond acceptors (Lipinski definition) is 5. The summed E-state index contributed by atoms with van der Waals surface area (Å²) in [5.41, 5.74) is 1.48. The number of rotatable bonds is 9. The molecule has 7 heteroatoms. The molecule has 1 fully saturated rings. The Balaban J connectivity index is 1.80. The number of hydrogen-bond donors (Lipinski definition) is 1. The first kappa shape index (κ1) is 25.2. The van der Waals surface area contributed by atoms with Crippen molar-refractivity contribution in [2.45, 2.75) is 51.1 Å². The van der Waals surface area contributed by atoms with Crippen LogP contribution in [0.15, 0.2) is 72.9 Å². The first-order valence-corrected chi connectivity index (χ1v) is 12.5. The second-order valence-electron chi connectivity index (χ2n) is 8.84. The van der Waals surface area contributed by atoms with Crippen molar-refractivity contribution in [3.05, 3.63) is 84.2 Å². The van der Waals surface area contributed by atoms with Crippen LogP contribution >= 0.6 is 0 Å². The zero-order valence-electron chi connectivity index (χ0n) is 20.9. The number of amides is 2. The molecule has 2 aromatic carbocycles. The van der Waals surface area contributed by atoms with Gasteiger partial charge in [0.1, 0.15) is 23.2 Å². The SMILES string of the molecule is CCOc1ccc(N(C(=O)c2ccccn2)C(C(=O)NC2CCCCC2)c2cccc(OC)c2)cc1. The van der Waals surface area contributed by atoms with E-state index in [0.29, 0.717) is 29.4 Å². The Labute approximate surface area is 212 Å². The Kier molecular flexibility index (Phi) is 8.55. The number of aromatic nitrogens is 1. The van der Waals surface area contributed by atoms with Crippen molar-refractivity contribution in [1.29, 1.82) is 0 Å². The van der Waals surface area contributed by atoms with Crippen molar-refractivity contribution in [1.82, 2.24) is 10.3 Å². The molecule has 1 aliphatic carbocycles. The summed E-state index contributed by atoms with van der Waals surface area (Å²) in [6.07, 6.45) is 6.81. The first-order valence-electron chi connectivity index (χ1n) is 12.5. The van der Waals surface area contributed by atoms with E-state index in [1.54, 1.807) is 61.8 Å². The van der Waals surface area contributed by atoms with E-state index < -0.39 is 6.04 Å². The maximum absolute atomic E-state index is 13.9. The van der Waals surface area contributed by atoms with Gasteiger partial charge >= 0.3 is 0 Å². The average Bonchev–Trinajstić information content (AvgIpc) is 2.93. The lowest BCUT2D eigenvalue weighted by Crippen LogP contribution is -2.47. The fourth-order valence-corrected chi connectivity index (χ4v) is 4.62. The summed E-state index contributed by atoms with van der Waals surface area (Å²) in [5, 5.41) is 3.22. The van der Waals surface area contributed by atoms with Crippen molar-refractivity contribution in [3.63, 3.8) is 0 Å². The van der Waals surface area contributed by atoms with Crippen LogP contribution < -0.4 is 19.7 Å². The molecule has 3 aromatic rings. The highest BCUT2D eigenvalue weighted by molar-refractivity contribution is 6.09. The second kappa shape index (κ2) is 12.2. The van der Waals surface area contributed by atoms with Gasteiger partial charge in [0.25, 0.3) is 5.91 Å². The molecular formula is C29H33N3O4. The minimum Gasteiger partial charge on any atom is -0.497 e. The van der Waals surface area contributed by atoms with Gasteiger partial charge in [0.15, 0.2) is 0 Å². The van der Waals surface area contributed by atoms with Crippen molar-refractivity contribution in [2.75, 3.05) is 18.6 Å². The van der Waals surface area contributed by atoms with Crippen LogP contribution in [0.4, 0.5) is 5.69 Å². The molecular weight excluding hydrogens is 454 g/mol. The Morgan fingerprint density at radius 2 is 1.78 bits per heavy atom. The van der Waals surface area contributed by atoms with Crippen LogP contribution in [0.5, 0.6) is 11.5 Å². The average molecular weight is 488 g/mol. The number of carbonyl (C=O) groups excluding carboxylic acids is 2. The summed E-state index contributed by atoms with van der Waals surface area (Å²) in [6, 6.07) is 18.9. The number of benzene rings is 2. The van der Waals surface area contributed by atoms with Crippen LogP contribution in [0.3, 0.4) is 0 Å². The summed E-state index contributed by atoms with van der Waals surface area (Å²) in [5.74, 6) is 0.704. The monoisotopic (exact) mass is 487 g/mol. The number of anilines is 1. The minimum absolute atomic E-state index is 0.0893. The number of ether oxygens (including phenoxy) is 2. The predicted molar refractivity (Wildman–Crippen MR) is 139 cm³/mol. The quantitative estimate of drug-likeness (QED) is 0.442. The van der Waals surface area contributed by atoms with Gasteiger partial charge in [0.05, 0.1) is 13.7 Å². The van der Waals surface area contributed by atoms with E-state index in [4.69, 9.17) is 9.47 Å². The highest BCUT2D eigenvalue weighted by Crippen LogP contribution is 2.33. The van der Waals surface area contributed by atoms with Crippen LogP contribution in [0, 0.1) is 0 Å². The fraction of sp³-hybridized carbons (Fsp3) is 0.345. The van der Waals surface area contributed by atoms with Crippen molar-refractivity contribution in [2.24, 2.45) is 0 Å². The van der Waals surface area contributed by atoms with Crippen LogP contribution in [0.25, 0.3) is 0 Å². The van der Waals surface area contributed by atoms with E-state index in [9.17, 15) is 9.59 Å². The molecule has 4 rings (SSSR count). The van der Waals surface area contributed by atoms with Crippen LogP contribution in [0.2, 0.25) is 0 Å². The third kappa shape index (κ3) is 6.03. The number of methoxy groups -OCH3 is 1. The smallest absolute Gasteiger partial charge is 0.277 e. The summed E-state index contributed by atoms with van der Waals surface area (Å²) >= 11 is 0. The molecule has 36 heavy (non-hydrogen) atoms. The molecule has 1 aromatic heterocycles.